The molecule has 35 heavy (non-hydrogen) atoms. The minimum atomic E-state index is -3.36. The highest BCUT2D eigenvalue weighted by Gasteiger charge is 2.18. The number of H-pyrrole nitrogens is 1. The van der Waals surface area contributed by atoms with E-state index < -0.39 is 27.2 Å². The number of sulfone groups is 1. The fourth-order valence-electron chi connectivity index (χ4n) is 3.40. The Morgan fingerprint density at radius 3 is 2.26 bits per heavy atom. The van der Waals surface area contributed by atoms with Gasteiger partial charge in [0, 0.05) is 24.6 Å². The summed E-state index contributed by atoms with van der Waals surface area (Å²) in [5.74, 6) is -1.23. The van der Waals surface area contributed by atoms with Crippen molar-refractivity contribution in [3.05, 3.63) is 90.6 Å². The highest BCUT2D eigenvalue weighted by Crippen LogP contribution is 2.37. The van der Waals surface area contributed by atoms with Gasteiger partial charge in [0.25, 0.3) is 0 Å². The smallest absolute Gasteiger partial charge is 0.198 e. The van der Waals surface area contributed by atoms with E-state index >= 15 is 0 Å². The number of aromatic nitrogens is 3. The molecule has 0 spiro atoms. The van der Waals surface area contributed by atoms with E-state index in [9.17, 15) is 17.2 Å². The third-order valence-corrected chi connectivity index (χ3v) is 6.18. The number of nitrogens with zero attached hydrogens (tertiary/aromatic N) is 2. The molecule has 10 heteroatoms. The van der Waals surface area contributed by atoms with Gasteiger partial charge in [0.15, 0.2) is 38.8 Å². The first kappa shape index (κ1) is 22.5. The number of nitrogens with one attached hydrogen (secondary N) is 1. The van der Waals surface area contributed by atoms with Gasteiger partial charge in [-0.05, 0) is 48.5 Å². The van der Waals surface area contributed by atoms with E-state index in [0.717, 1.165) is 18.4 Å². The normalized spacial score (nSPS) is 11.5. The summed E-state index contributed by atoms with van der Waals surface area (Å²) in [6.45, 7) is 0. The van der Waals surface area contributed by atoms with Gasteiger partial charge in [0.1, 0.15) is 22.7 Å². The van der Waals surface area contributed by atoms with Crippen LogP contribution in [0.3, 0.4) is 0 Å². The van der Waals surface area contributed by atoms with Crippen molar-refractivity contribution in [2.75, 3.05) is 6.26 Å². The number of halogens is 2. The number of hydrogen-bond acceptors (Lipinski definition) is 6. The van der Waals surface area contributed by atoms with Gasteiger partial charge in [0.05, 0.1) is 10.4 Å². The Hall–Kier alpha value is -4.31. The van der Waals surface area contributed by atoms with Crippen LogP contribution in [0.4, 0.5) is 8.78 Å². The van der Waals surface area contributed by atoms with Crippen LogP contribution in [0.2, 0.25) is 0 Å². The lowest BCUT2D eigenvalue weighted by atomic mass is 10.2. The second-order valence-corrected chi connectivity index (χ2v) is 9.63. The van der Waals surface area contributed by atoms with E-state index in [2.05, 4.69) is 15.0 Å². The van der Waals surface area contributed by atoms with Crippen LogP contribution in [0.15, 0.2) is 83.9 Å². The largest absolute Gasteiger partial charge is 0.457 e. The molecule has 5 rings (SSSR count). The Morgan fingerprint density at radius 2 is 1.60 bits per heavy atom. The molecule has 176 valence electrons. The van der Waals surface area contributed by atoms with Crippen LogP contribution in [-0.4, -0.2) is 29.6 Å². The lowest BCUT2D eigenvalue weighted by Crippen LogP contribution is -1.96. The summed E-state index contributed by atoms with van der Waals surface area (Å²) in [4.78, 5) is 12.1. The van der Waals surface area contributed by atoms with E-state index in [1.807, 2.05) is 0 Å². The maximum atomic E-state index is 14.3. The molecular weight excluding hydrogens is 476 g/mol. The van der Waals surface area contributed by atoms with Crippen LogP contribution in [0.1, 0.15) is 0 Å². The van der Waals surface area contributed by atoms with Gasteiger partial charge in [-0.2, -0.15) is 0 Å². The Morgan fingerprint density at radius 1 is 0.857 bits per heavy atom. The van der Waals surface area contributed by atoms with Gasteiger partial charge in [-0.15, -0.1) is 0 Å². The maximum absolute atomic E-state index is 14.3. The topological polar surface area (TPSA) is 94.2 Å². The Kier molecular flexibility index (Phi) is 5.65. The SMILES string of the molecule is CS(=O)(=O)c1ccc(Oc2cc(Oc3c(F)cccc3F)c3nc(-c4ccccn4)[nH]c3c2)cc1. The van der Waals surface area contributed by atoms with Crippen molar-refractivity contribution in [2.45, 2.75) is 4.90 Å². The van der Waals surface area contributed by atoms with Crippen molar-refractivity contribution in [3.8, 4) is 34.5 Å². The average Bonchev–Trinajstić information content (AvgIpc) is 3.26. The van der Waals surface area contributed by atoms with Crippen LogP contribution in [0, 0.1) is 11.6 Å². The van der Waals surface area contributed by atoms with Crippen molar-refractivity contribution in [2.24, 2.45) is 0 Å². The lowest BCUT2D eigenvalue weighted by molar-refractivity contribution is 0.407. The molecular formula is C25H17F2N3O4S. The molecule has 7 nitrogen and oxygen atoms in total. The van der Waals surface area contributed by atoms with E-state index in [1.54, 1.807) is 30.5 Å². The Balaban J connectivity index is 1.59. The molecule has 5 aromatic rings. The van der Waals surface area contributed by atoms with Crippen LogP contribution in [0.5, 0.6) is 23.0 Å². The van der Waals surface area contributed by atoms with E-state index in [-0.39, 0.29) is 16.4 Å². The van der Waals surface area contributed by atoms with Crippen LogP contribution in [0.25, 0.3) is 22.6 Å². The fraction of sp³-hybridized carbons (Fsp3) is 0.0400. The first-order valence-corrected chi connectivity index (χ1v) is 12.2. The molecule has 0 saturated carbocycles. The molecule has 0 unspecified atom stereocenters. The quantitative estimate of drug-likeness (QED) is 0.317. The zero-order valence-electron chi connectivity index (χ0n) is 18.2. The molecule has 0 amide bonds. The van der Waals surface area contributed by atoms with Gasteiger partial charge < -0.3 is 14.5 Å². The van der Waals surface area contributed by atoms with Crippen molar-refractivity contribution in [3.63, 3.8) is 0 Å². The van der Waals surface area contributed by atoms with Crippen molar-refractivity contribution < 1.29 is 26.7 Å². The van der Waals surface area contributed by atoms with Crippen molar-refractivity contribution in [1.82, 2.24) is 15.0 Å². The Labute approximate surface area is 198 Å². The lowest BCUT2D eigenvalue weighted by Gasteiger charge is -2.11. The molecule has 0 fully saturated rings. The molecule has 0 bridgehead atoms. The number of para-hydroxylation sites is 1. The van der Waals surface area contributed by atoms with Crippen LogP contribution < -0.4 is 9.47 Å². The highest BCUT2D eigenvalue weighted by molar-refractivity contribution is 7.90. The standard InChI is InChI=1S/C25H17F2N3O4S/c1-35(31,32)17-10-8-15(9-11-17)33-16-13-21-23(30-25(29-21)20-7-2-3-12-28-20)22(14-16)34-24-18(26)5-4-6-19(24)27/h2-14H,1H3,(H,29,30). The van der Waals surface area contributed by atoms with Gasteiger partial charge in [-0.25, -0.2) is 22.2 Å². The third kappa shape index (κ3) is 4.69. The molecule has 3 aromatic carbocycles. The minimum absolute atomic E-state index is 0.0488. The number of pyridine rings is 1. The van der Waals surface area contributed by atoms with E-state index in [0.29, 0.717) is 28.3 Å². The highest BCUT2D eigenvalue weighted by atomic mass is 32.2. The Bertz CT molecular complexity index is 1620. The molecule has 2 aromatic heterocycles. The number of benzene rings is 3. The van der Waals surface area contributed by atoms with E-state index in [4.69, 9.17) is 9.47 Å². The first-order valence-electron chi connectivity index (χ1n) is 10.3. The maximum Gasteiger partial charge on any atom is 0.198 e. The summed E-state index contributed by atoms with van der Waals surface area (Å²) in [6, 6.07) is 17.7. The van der Waals surface area contributed by atoms with Gasteiger partial charge in [-0.1, -0.05) is 12.1 Å². The van der Waals surface area contributed by atoms with Crippen molar-refractivity contribution >= 4 is 20.9 Å². The van der Waals surface area contributed by atoms with Crippen LogP contribution >= 0.6 is 0 Å². The fourth-order valence-corrected chi connectivity index (χ4v) is 4.03. The molecule has 0 atom stereocenters. The summed E-state index contributed by atoms with van der Waals surface area (Å²) < 4.78 is 63.5. The average molecular weight is 493 g/mol. The minimum Gasteiger partial charge on any atom is -0.457 e. The molecule has 0 saturated heterocycles. The monoisotopic (exact) mass is 493 g/mol. The summed E-state index contributed by atoms with van der Waals surface area (Å²) in [5.41, 5.74) is 1.35. The summed E-state index contributed by atoms with van der Waals surface area (Å²) in [5, 5.41) is 0. The number of hydrogen-bond donors (Lipinski definition) is 1. The molecule has 2 heterocycles. The van der Waals surface area contributed by atoms with Gasteiger partial charge in [-0.3, -0.25) is 4.98 Å². The number of fused-ring (bicyclic) bond motifs is 1. The second kappa shape index (κ2) is 8.80. The predicted molar refractivity (Wildman–Crippen MR) is 125 cm³/mol. The number of rotatable bonds is 6. The predicted octanol–water partition coefficient (Wildman–Crippen LogP) is 5.89. The summed E-state index contributed by atoms with van der Waals surface area (Å²) in [7, 11) is -3.36. The van der Waals surface area contributed by atoms with Crippen molar-refractivity contribution in [1.29, 1.82) is 0 Å². The second-order valence-electron chi connectivity index (χ2n) is 7.62. The zero-order valence-corrected chi connectivity index (χ0v) is 19.0. The molecule has 0 aliphatic heterocycles. The van der Waals surface area contributed by atoms with Gasteiger partial charge in [0.2, 0.25) is 0 Å². The number of aromatic amines is 1. The third-order valence-electron chi connectivity index (χ3n) is 5.05. The summed E-state index contributed by atoms with van der Waals surface area (Å²) in [6.07, 6.45) is 2.73. The zero-order chi connectivity index (χ0) is 24.6. The van der Waals surface area contributed by atoms with Crippen LogP contribution in [-0.2, 0) is 9.84 Å². The number of imidazole rings is 1. The molecule has 0 aliphatic rings. The first-order chi connectivity index (χ1) is 16.8. The molecule has 1 N–H and O–H groups in total. The molecule has 0 radical (unpaired) electrons. The van der Waals surface area contributed by atoms with Gasteiger partial charge >= 0.3 is 0 Å². The molecule has 0 aliphatic carbocycles. The summed E-state index contributed by atoms with van der Waals surface area (Å²) >= 11 is 0. The van der Waals surface area contributed by atoms with E-state index in [1.165, 1.54) is 36.4 Å². The number of ether oxygens (including phenoxy) is 2.